The predicted molar refractivity (Wildman–Crippen MR) is 72.0 cm³/mol. The Morgan fingerprint density at radius 3 is 2.20 bits per heavy atom. The first-order valence-electron chi connectivity index (χ1n) is 7.28. The lowest BCUT2D eigenvalue weighted by Gasteiger charge is -2.33. The zero-order valence-electron chi connectivity index (χ0n) is 12.2. The van der Waals surface area contributed by atoms with Crippen molar-refractivity contribution in [1.82, 2.24) is 4.90 Å². The molecule has 118 valence electrons. The van der Waals surface area contributed by atoms with E-state index in [2.05, 4.69) is 0 Å². The fraction of sp³-hybridized carbons (Fsp3) is 0.929. The normalized spacial score (nSPS) is 23.9. The molecular weight excluding hydrogens is 269 g/mol. The van der Waals surface area contributed by atoms with E-state index in [0.29, 0.717) is 25.3 Å². The van der Waals surface area contributed by atoms with Crippen LogP contribution in [-0.2, 0) is 4.79 Å². The van der Waals surface area contributed by atoms with E-state index in [4.69, 9.17) is 5.73 Å². The zero-order chi connectivity index (χ0) is 15.3. The molecule has 0 aromatic carbocycles. The number of alkyl halides is 3. The van der Waals surface area contributed by atoms with E-state index in [1.54, 1.807) is 0 Å². The van der Waals surface area contributed by atoms with Gasteiger partial charge in [0, 0.05) is 12.5 Å². The third-order valence-electron chi connectivity index (χ3n) is 3.80. The van der Waals surface area contributed by atoms with Crippen LogP contribution in [0.2, 0.25) is 0 Å². The summed E-state index contributed by atoms with van der Waals surface area (Å²) in [6.45, 7) is 3.26. The smallest absolute Gasteiger partial charge is 0.333 e. The minimum atomic E-state index is -4.33. The van der Waals surface area contributed by atoms with Crippen LogP contribution in [0.1, 0.15) is 39.5 Å². The molecule has 6 heteroatoms. The third-order valence-corrected chi connectivity index (χ3v) is 3.80. The summed E-state index contributed by atoms with van der Waals surface area (Å²) >= 11 is 0. The minimum Gasteiger partial charge on any atom is -0.333 e. The lowest BCUT2D eigenvalue weighted by Crippen LogP contribution is -2.44. The van der Waals surface area contributed by atoms with Crippen molar-refractivity contribution >= 4 is 5.91 Å². The highest BCUT2D eigenvalue weighted by Gasteiger charge is 2.36. The van der Waals surface area contributed by atoms with Crippen LogP contribution in [0.3, 0.4) is 0 Å². The number of halogens is 3. The molecule has 0 atom stereocenters. The number of hydrogen-bond donors (Lipinski definition) is 1. The average Bonchev–Trinajstić information content (AvgIpc) is 2.35. The molecule has 2 N–H and O–H groups in total. The molecule has 3 nitrogen and oxygen atoms in total. The Morgan fingerprint density at radius 2 is 1.80 bits per heavy atom. The maximum Gasteiger partial charge on any atom is 0.406 e. The molecule has 0 aromatic heterocycles. The van der Waals surface area contributed by atoms with E-state index in [1.807, 2.05) is 13.8 Å². The second kappa shape index (κ2) is 7.29. The average molecular weight is 294 g/mol. The van der Waals surface area contributed by atoms with Gasteiger partial charge in [-0.3, -0.25) is 4.79 Å². The molecule has 1 rings (SSSR count). The highest BCUT2D eigenvalue weighted by atomic mass is 19.4. The quantitative estimate of drug-likeness (QED) is 0.847. The molecule has 0 aliphatic heterocycles. The summed E-state index contributed by atoms with van der Waals surface area (Å²) < 4.78 is 37.8. The van der Waals surface area contributed by atoms with Crippen molar-refractivity contribution in [2.24, 2.45) is 23.5 Å². The molecule has 1 saturated carbocycles. The Morgan fingerprint density at radius 1 is 1.25 bits per heavy atom. The molecule has 0 spiro atoms. The van der Waals surface area contributed by atoms with Crippen LogP contribution in [0.25, 0.3) is 0 Å². The maximum absolute atomic E-state index is 12.6. The van der Waals surface area contributed by atoms with Crippen LogP contribution in [0.15, 0.2) is 0 Å². The van der Waals surface area contributed by atoms with Crippen molar-refractivity contribution in [3.8, 4) is 0 Å². The van der Waals surface area contributed by atoms with Gasteiger partial charge in [-0.2, -0.15) is 13.2 Å². The predicted octanol–water partition coefficient (Wildman–Crippen LogP) is 2.80. The lowest BCUT2D eigenvalue weighted by atomic mass is 9.81. The van der Waals surface area contributed by atoms with Crippen LogP contribution in [0, 0.1) is 17.8 Å². The first kappa shape index (κ1) is 17.3. The first-order chi connectivity index (χ1) is 9.23. The van der Waals surface area contributed by atoms with E-state index >= 15 is 0 Å². The van der Waals surface area contributed by atoms with Crippen LogP contribution in [0.5, 0.6) is 0 Å². The van der Waals surface area contributed by atoms with E-state index in [9.17, 15) is 18.0 Å². The van der Waals surface area contributed by atoms with Crippen LogP contribution < -0.4 is 5.73 Å². The Hall–Kier alpha value is -0.780. The van der Waals surface area contributed by atoms with Gasteiger partial charge in [0.05, 0.1) is 0 Å². The number of nitrogens with zero attached hydrogens (tertiary/aromatic N) is 1. The molecule has 0 aromatic rings. The highest BCUT2D eigenvalue weighted by molar-refractivity contribution is 5.79. The van der Waals surface area contributed by atoms with Crippen LogP contribution >= 0.6 is 0 Å². The molecule has 0 radical (unpaired) electrons. The van der Waals surface area contributed by atoms with Gasteiger partial charge in [0.15, 0.2) is 0 Å². The summed E-state index contributed by atoms with van der Waals surface area (Å²) in [6.07, 6.45) is -1.33. The van der Waals surface area contributed by atoms with Gasteiger partial charge in [0.2, 0.25) is 5.91 Å². The highest BCUT2D eigenvalue weighted by Crippen LogP contribution is 2.30. The molecule has 0 heterocycles. The molecule has 20 heavy (non-hydrogen) atoms. The van der Waals surface area contributed by atoms with Crippen LogP contribution in [-0.4, -0.2) is 36.6 Å². The topological polar surface area (TPSA) is 46.3 Å². The van der Waals surface area contributed by atoms with Crippen molar-refractivity contribution in [3.63, 3.8) is 0 Å². The van der Waals surface area contributed by atoms with Gasteiger partial charge in [0.25, 0.3) is 0 Å². The second-order valence-electron chi connectivity index (χ2n) is 6.18. The van der Waals surface area contributed by atoms with E-state index < -0.39 is 12.7 Å². The molecule has 0 unspecified atom stereocenters. The van der Waals surface area contributed by atoms with Gasteiger partial charge in [-0.05, 0) is 44.1 Å². The monoisotopic (exact) mass is 294 g/mol. The van der Waals surface area contributed by atoms with Gasteiger partial charge in [-0.25, -0.2) is 0 Å². The number of carbonyl (C=O) groups excluding carboxylic acids is 1. The Bertz CT molecular complexity index is 310. The summed E-state index contributed by atoms with van der Waals surface area (Å²) in [5.74, 6) is -0.160. The van der Waals surface area contributed by atoms with Crippen molar-refractivity contribution in [3.05, 3.63) is 0 Å². The molecule has 1 aliphatic rings. The number of nitrogens with two attached hydrogens (primary N) is 1. The van der Waals surface area contributed by atoms with Crippen molar-refractivity contribution in [1.29, 1.82) is 0 Å². The molecule has 1 fully saturated rings. The number of rotatable bonds is 5. The SMILES string of the molecule is CC(C)CN(CC(F)(F)F)C(=O)C1CCC(CN)CC1. The minimum absolute atomic E-state index is 0.0293. The Kier molecular flexibility index (Phi) is 6.30. The van der Waals surface area contributed by atoms with Gasteiger partial charge in [-0.15, -0.1) is 0 Å². The number of carbonyl (C=O) groups is 1. The van der Waals surface area contributed by atoms with E-state index in [-0.39, 0.29) is 24.3 Å². The zero-order valence-corrected chi connectivity index (χ0v) is 12.2. The summed E-state index contributed by atoms with van der Waals surface area (Å²) in [4.78, 5) is 13.3. The summed E-state index contributed by atoms with van der Waals surface area (Å²) in [5.41, 5.74) is 5.59. The largest absolute Gasteiger partial charge is 0.406 e. The molecular formula is C14H25F3N2O. The summed E-state index contributed by atoms with van der Waals surface area (Å²) in [5, 5.41) is 0. The molecule has 0 saturated heterocycles. The number of amides is 1. The third kappa shape index (κ3) is 5.69. The van der Waals surface area contributed by atoms with Gasteiger partial charge in [0.1, 0.15) is 6.54 Å². The van der Waals surface area contributed by atoms with Crippen molar-refractivity contribution in [2.75, 3.05) is 19.6 Å². The second-order valence-corrected chi connectivity index (χ2v) is 6.18. The standard InChI is InChI=1S/C14H25F3N2O/c1-10(2)8-19(9-14(15,16)17)13(20)12-5-3-11(7-18)4-6-12/h10-12H,3-9,18H2,1-2H3. The van der Waals surface area contributed by atoms with Gasteiger partial charge < -0.3 is 10.6 Å². The van der Waals surface area contributed by atoms with E-state index in [1.165, 1.54) is 0 Å². The maximum atomic E-state index is 12.6. The summed E-state index contributed by atoms with van der Waals surface area (Å²) in [7, 11) is 0. The lowest BCUT2D eigenvalue weighted by molar-refractivity contribution is -0.165. The van der Waals surface area contributed by atoms with Gasteiger partial charge >= 0.3 is 6.18 Å². The van der Waals surface area contributed by atoms with Crippen LogP contribution in [0.4, 0.5) is 13.2 Å². The van der Waals surface area contributed by atoms with Crippen molar-refractivity contribution < 1.29 is 18.0 Å². The first-order valence-corrected chi connectivity index (χ1v) is 7.28. The van der Waals surface area contributed by atoms with E-state index in [0.717, 1.165) is 17.7 Å². The number of hydrogen-bond acceptors (Lipinski definition) is 2. The fourth-order valence-electron chi connectivity index (χ4n) is 2.79. The molecule has 1 amide bonds. The fourth-order valence-corrected chi connectivity index (χ4v) is 2.79. The Balaban J connectivity index is 2.63. The molecule has 1 aliphatic carbocycles. The molecule has 0 bridgehead atoms. The summed E-state index contributed by atoms with van der Waals surface area (Å²) in [6, 6.07) is 0. The Labute approximate surface area is 118 Å². The van der Waals surface area contributed by atoms with Gasteiger partial charge in [-0.1, -0.05) is 13.8 Å². The van der Waals surface area contributed by atoms with Crippen molar-refractivity contribution in [2.45, 2.75) is 45.7 Å².